The van der Waals surface area contributed by atoms with Crippen LogP contribution < -0.4 is 4.72 Å². The zero-order valence-corrected chi connectivity index (χ0v) is 8.91. The second-order valence-corrected chi connectivity index (χ2v) is 4.59. The smallest absolute Gasteiger partial charge is 0.355 e. The maximum atomic E-state index is 12.1. The molecule has 0 amide bonds. The van der Waals surface area contributed by atoms with Gasteiger partial charge in [0, 0.05) is 0 Å². The summed E-state index contributed by atoms with van der Waals surface area (Å²) >= 11 is 0. The fraction of sp³-hybridized carbons (Fsp3) is 0.125. The van der Waals surface area contributed by atoms with Crippen LogP contribution in [0.1, 0.15) is 10.4 Å². The molecule has 3 N–H and O–H groups in total. The van der Waals surface area contributed by atoms with E-state index in [2.05, 4.69) is 0 Å². The average molecular weight is 267 g/mol. The maximum absolute atomic E-state index is 12.1. The van der Waals surface area contributed by atoms with Gasteiger partial charge in [0.15, 0.2) is 0 Å². The summed E-state index contributed by atoms with van der Waals surface area (Å²) in [5, 5.41) is 17.7. The van der Waals surface area contributed by atoms with Crippen molar-refractivity contribution in [3.63, 3.8) is 0 Å². The summed E-state index contributed by atoms with van der Waals surface area (Å²) in [6, 6.07) is 2.58. The van der Waals surface area contributed by atoms with E-state index in [4.69, 9.17) is 10.2 Å². The van der Waals surface area contributed by atoms with Gasteiger partial charge in [0.2, 0.25) is 0 Å². The molecule has 0 saturated carbocycles. The van der Waals surface area contributed by atoms with Gasteiger partial charge in [-0.25, -0.2) is 13.2 Å². The first kappa shape index (κ1) is 13.2. The highest BCUT2D eigenvalue weighted by Gasteiger charge is 2.25. The summed E-state index contributed by atoms with van der Waals surface area (Å²) in [5.41, 5.74) is -1.18. The number of anilines is 1. The number of carbonyl (C=O) groups is 1. The number of hydrogen-bond acceptors (Lipinski definition) is 4. The molecule has 1 aromatic carbocycles. The zero-order valence-electron chi connectivity index (χ0n) is 8.09. The van der Waals surface area contributed by atoms with Crippen LogP contribution in [-0.2, 0) is 10.0 Å². The summed E-state index contributed by atoms with van der Waals surface area (Å²) in [6.07, 6.45) is 0. The second-order valence-electron chi connectivity index (χ2n) is 2.94. The number of benzene rings is 1. The molecule has 0 aromatic heterocycles. The molecule has 94 valence electrons. The number of aromatic carboxylic acids is 1. The van der Waals surface area contributed by atoms with Crippen molar-refractivity contribution in [3.05, 3.63) is 23.8 Å². The number of nitrogens with one attached hydrogen (secondary N) is 1. The number of sulfonamides is 1. The molecule has 1 aromatic rings. The molecule has 0 spiro atoms. The third-order valence-electron chi connectivity index (χ3n) is 1.72. The van der Waals surface area contributed by atoms with Crippen molar-refractivity contribution in [2.75, 3.05) is 4.72 Å². The minimum atomic E-state index is -4.95. The Hall–Kier alpha value is -1.90. The number of carboxylic acids is 1. The molecule has 0 radical (unpaired) electrons. The van der Waals surface area contributed by atoms with Crippen LogP contribution in [0.25, 0.3) is 0 Å². The normalized spacial score (nSPS) is 11.5. The van der Waals surface area contributed by atoms with E-state index >= 15 is 0 Å². The van der Waals surface area contributed by atoms with E-state index in [-0.39, 0.29) is 0 Å². The van der Waals surface area contributed by atoms with Gasteiger partial charge in [-0.1, -0.05) is 0 Å². The van der Waals surface area contributed by atoms with E-state index in [9.17, 15) is 22.0 Å². The highest BCUT2D eigenvalue weighted by molar-refractivity contribution is 7.93. The Morgan fingerprint density at radius 1 is 1.35 bits per heavy atom. The molecule has 9 heteroatoms. The summed E-state index contributed by atoms with van der Waals surface area (Å²) in [7, 11) is -4.95. The molecule has 0 heterocycles. The molecular formula is C8H7F2NO5S. The van der Waals surface area contributed by atoms with Crippen LogP contribution in [-0.4, -0.2) is 30.4 Å². The molecule has 1 rings (SSSR count). The highest BCUT2D eigenvalue weighted by atomic mass is 32.2. The van der Waals surface area contributed by atoms with Gasteiger partial charge < -0.3 is 10.2 Å². The first-order chi connectivity index (χ1) is 7.74. The zero-order chi connectivity index (χ0) is 13.2. The minimum absolute atomic E-state index is 0.428. The molecule has 0 unspecified atom stereocenters. The quantitative estimate of drug-likeness (QED) is 0.707. The summed E-state index contributed by atoms with van der Waals surface area (Å²) in [4.78, 5) is 10.7. The lowest BCUT2D eigenvalue weighted by Gasteiger charge is -2.09. The number of hydrogen-bond donors (Lipinski definition) is 3. The van der Waals surface area contributed by atoms with Crippen LogP contribution in [0.2, 0.25) is 0 Å². The van der Waals surface area contributed by atoms with Gasteiger partial charge in [-0.2, -0.15) is 8.78 Å². The lowest BCUT2D eigenvalue weighted by atomic mass is 10.2. The summed E-state index contributed by atoms with van der Waals surface area (Å²) in [6.45, 7) is 0. The van der Waals surface area contributed by atoms with Crippen LogP contribution in [0.4, 0.5) is 14.5 Å². The Balaban J connectivity index is 3.20. The SMILES string of the molecule is O=C(O)c1cc(O)ccc1NS(=O)(=O)C(F)F. The molecule has 0 saturated heterocycles. The van der Waals surface area contributed by atoms with Gasteiger partial charge in [0.05, 0.1) is 11.3 Å². The van der Waals surface area contributed by atoms with Crippen LogP contribution in [0.5, 0.6) is 5.75 Å². The van der Waals surface area contributed by atoms with Gasteiger partial charge in [0.1, 0.15) is 5.75 Å². The molecule has 0 aliphatic rings. The van der Waals surface area contributed by atoms with Crippen LogP contribution in [0.3, 0.4) is 0 Å². The van der Waals surface area contributed by atoms with Gasteiger partial charge in [-0.15, -0.1) is 0 Å². The number of aromatic hydroxyl groups is 1. The molecule has 6 nitrogen and oxygen atoms in total. The van der Waals surface area contributed by atoms with Crippen molar-refractivity contribution in [2.45, 2.75) is 5.76 Å². The fourth-order valence-corrected chi connectivity index (χ4v) is 1.57. The molecule has 0 aliphatic carbocycles. The molecular weight excluding hydrogens is 260 g/mol. The van der Waals surface area contributed by atoms with Crippen molar-refractivity contribution >= 4 is 21.7 Å². The lowest BCUT2D eigenvalue weighted by Crippen LogP contribution is -2.21. The van der Waals surface area contributed by atoms with Crippen LogP contribution in [0.15, 0.2) is 18.2 Å². The number of phenols is 1. The maximum Gasteiger partial charge on any atom is 0.355 e. The Morgan fingerprint density at radius 3 is 2.41 bits per heavy atom. The largest absolute Gasteiger partial charge is 0.508 e. The predicted octanol–water partition coefficient (Wildman–Crippen LogP) is 1.05. The van der Waals surface area contributed by atoms with Crippen molar-refractivity contribution in [1.82, 2.24) is 0 Å². The number of carboxylic acid groups (broad SMARTS) is 1. The molecule has 0 fully saturated rings. The number of alkyl halides is 2. The topological polar surface area (TPSA) is 104 Å². The van der Waals surface area contributed by atoms with E-state index in [0.717, 1.165) is 18.2 Å². The third kappa shape index (κ3) is 3.03. The van der Waals surface area contributed by atoms with Crippen molar-refractivity contribution < 1.29 is 32.2 Å². The van der Waals surface area contributed by atoms with Gasteiger partial charge in [-0.3, -0.25) is 4.72 Å². The summed E-state index contributed by atoms with van der Waals surface area (Å²) < 4.78 is 47.2. The first-order valence-corrected chi connectivity index (χ1v) is 5.65. The third-order valence-corrected chi connectivity index (χ3v) is 2.69. The van der Waals surface area contributed by atoms with Crippen molar-refractivity contribution in [2.24, 2.45) is 0 Å². The van der Waals surface area contributed by atoms with Gasteiger partial charge in [0.25, 0.3) is 10.0 Å². The lowest BCUT2D eigenvalue weighted by molar-refractivity contribution is 0.0697. The monoisotopic (exact) mass is 267 g/mol. The Labute approximate surface area is 94.6 Å². The van der Waals surface area contributed by atoms with Gasteiger partial charge in [-0.05, 0) is 18.2 Å². The number of rotatable bonds is 4. The standard InChI is InChI=1S/C8H7F2NO5S/c9-8(10)17(15,16)11-6-2-1-4(12)3-5(6)7(13)14/h1-3,8,11-12H,(H,13,14). The number of halogens is 2. The Bertz CT molecular complexity index is 543. The Morgan fingerprint density at radius 2 is 1.94 bits per heavy atom. The van der Waals surface area contributed by atoms with Crippen molar-refractivity contribution in [1.29, 1.82) is 0 Å². The van der Waals surface area contributed by atoms with Crippen LogP contribution in [0, 0.1) is 0 Å². The molecule has 17 heavy (non-hydrogen) atoms. The van der Waals surface area contributed by atoms with Crippen molar-refractivity contribution in [3.8, 4) is 5.75 Å². The molecule has 0 aliphatic heterocycles. The van der Waals surface area contributed by atoms with E-state index in [0.29, 0.717) is 0 Å². The molecule has 0 atom stereocenters. The summed E-state index contributed by atoms with van der Waals surface area (Å²) in [5.74, 6) is -5.67. The second kappa shape index (κ2) is 4.53. The number of phenolic OH excluding ortho intramolecular Hbond substituents is 1. The highest BCUT2D eigenvalue weighted by Crippen LogP contribution is 2.23. The first-order valence-electron chi connectivity index (χ1n) is 4.10. The predicted molar refractivity (Wildman–Crippen MR) is 53.6 cm³/mol. The van der Waals surface area contributed by atoms with E-state index in [1.165, 1.54) is 4.72 Å². The average Bonchev–Trinajstić information content (AvgIpc) is 2.19. The van der Waals surface area contributed by atoms with E-state index in [1.54, 1.807) is 0 Å². The van der Waals surface area contributed by atoms with Gasteiger partial charge >= 0.3 is 11.7 Å². The fourth-order valence-electron chi connectivity index (χ4n) is 0.996. The van der Waals surface area contributed by atoms with Crippen LogP contribution >= 0.6 is 0 Å². The van der Waals surface area contributed by atoms with E-state index < -0.39 is 38.8 Å². The Kier molecular flexibility index (Phi) is 3.51. The van der Waals surface area contributed by atoms with E-state index in [1.807, 2.05) is 0 Å². The minimum Gasteiger partial charge on any atom is -0.508 e. The molecule has 0 bridgehead atoms.